The molecule has 198 valence electrons. The average molecular weight is 534 g/mol. The molecule has 9 nitrogen and oxygen atoms in total. The number of carbonyl (C=O) groups is 1. The first-order valence-electron chi connectivity index (χ1n) is 13.1. The van der Waals surface area contributed by atoms with Crippen molar-refractivity contribution in [2.45, 2.75) is 55.6 Å². The number of anilines is 1. The van der Waals surface area contributed by atoms with Crippen molar-refractivity contribution in [2.75, 3.05) is 25.6 Å². The highest BCUT2D eigenvalue weighted by Crippen LogP contribution is 2.37. The zero-order valence-electron chi connectivity index (χ0n) is 21.2. The molecule has 1 saturated carbocycles. The van der Waals surface area contributed by atoms with Crippen molar-refractivity contribution in [3.63, 3.8) is 0 Å². The van der Waals surface area contributed by atoms with E-state index >= 15 is 0 Å². The number of nitrogens with one attached hydrogen (secondary N) is 1. The lowest BCUT2D eigenvalue weighted by atomic mass is 10.0. The molecule has 1 amide bonds. The van der Waals surface area contributed by atoms with Gasteiger partial charge in [0.1, 0.15) is 0 Å². The predicted molar refractivity (Wildman–Crippen MR) is 146 cm³/mol. The first-order chi connectivity index (χ1) is 18.6. The van der Waals surface area contributed by atoms with Crippen LogP contribution in [0.2, 0.25) is 0 Å². The molecule has 0 unspecified atom stereocenters. The van der Waals surface area contributed by atoms with Gasteiger partial charge in [-0.2, -0.15) is 0 Å². The molecule has 3 heterocycles. The largest absolute Gasteiger partial charge is 0.454 e. The Bertz CT molecular complexity index is 1420. The SMILES string of the molecule is Nc1ccccc1-n1c(SC2CCC2)nc2c(c1=O)CN(C(=O)CCNCc1ccc3c(c1)OCO3)CC2. The third kappa shape index (κ3) is 4.98. The molecule has 0 atom stereocenters. The highest BCUT2D eigenvalue weighted by Gasteiger charge is 2.29. The Morgan fingerprint density at radius 3 is 2.82 bits per heavy atom. The second-order valence-corrected chi connectivity index (χ2v) is 11.1. The lowest BCUT2D eigenvalue weighted by Crippen LogP contribution is -2.42. The minimum Gasteiger partial charge on any atom is -0.454 e. The zero-order chi connectivity index (χ0) is 26.1. The van der Waals surface area contributed by atoms with E-state index in [1.54, 1.807) is 27.3 Å². The van der Waals surface area contributed by atoms with E-state index in [1.807, 2.05) is 36.4 Å². The summed E-state index contributed by atoms with van der Waals surface area (Å²) in [7, 11) is 0. The quantitative estimate of drug-likeness (QED) is 0.258. The summed E-state index contributed by atoms with van der Waals surface area (Å²) in [6.07, 6.45) is 4.40. The highest BCUT2D eigenvalue weighted by molar-refractivity contribution is 7.99. The molecule has 0 spiro atoms. The van der Waals surface area contributed by atoms with Gasteiger partial charge in [0.15, 0.2) is 16.7 Å². The molecule has 38 heavy (non-hydrogen) atoms. The van der Waals surface area contributed by atoms with Crippen LogP contribution in [0.5, 0.6) is 11.5 Å². The molecular formula is C28H31N5O4S. The second kappa shape index (κ2) is 10.7. The maximum Gasteiger partial charge on any atom is 0.264 e. The van der Waals surface area contributed by atoms with E-state index < -0.39 is 0 Å². The van der Waals surface area contributed by atoms with Crippen molar-refractivity contribution < 1.29 is 14.3 Å². The monoisotopic (exact) mass is 533 g/mol. The number of fused-ring (bicyclic) bond motifs is 2. The summed E-state index contributed by atoms with van der Waals surface area (Å²) in [5.41, 5.74) is 9.77. The van der Waals surface area contributed by atoms with Crippen molar-refractivity contribution in [3.8, 4) is 17.2 Å². The Labute approximate surface area is 225 Å². The van der Waals surface area contributed by atoms with Crippen LogP contribution in [-0.4, -0.2) is 45.5 Å². The zero-order valence-corrected chi connectivity index (χ0v) is 22.0. The number of para-hydroxylation sites is 2. The summed E-state index contributed by atoms with van der Waals surface area (Å²) in [5.74, 6) is 1.52. The van der Waals surface area contributed by atoms with Crippen LogP contribution in [0.3, 0.4) is 0 Å². The molecule has 3 aromatic rings. The van der Waals surface area contributed by atoms with Gasteiger partial charge in [0.25, 0.3) is 5.56 Å². The Kier molecular flexibility index (Phi) is 6.99. The molecule has 1 fully saturated rings. The molecule has 0 saturated heterocycles. The minimum atomic E-state index is -0.131. The molecule has 3 aliphatic rings. The molecule has 1 aromatic heterocycles. The van der Waals surface area contributed by atoms with Crippen LogP contribution < -0.4 is 26.1 Å². The number of amides is 1. The normalized spacial score (nSPS) is 16.3. The van der Waals surface area contributed by atoms with Gasteiger partial charge in [-0.3, -0.25) is 14.2 Å². The molecule has 2 aromatic carbocycles. The third-order valence-electron chi connectivity index (χ3n) is 7.34. The van der Waals surface area contributed by atoms with E-state index in [-0.39, 0.29) is 24.8 Å². The molecule has 6 rings (SSSR count). The van der Waals surface area contributed by atoms with Crippen molar-refractivity contribution in [2.24, 2.45) is 0 Å². The fourth-order valence-electron chi connectivity index (χ4n) is 4.92. The van der Waals surface area contributed by atoms with Crippen molar-refractivity contribution >= 4 is 23.4 Å². The van der Waals surface area contributed by atoms with E-state index in [4.69, 9.17) is 20.2 Å². The van der Waals surface area contributed by atoms with E-state index in [2.05, 4.69) is 5.32 Å². The lowest BCUT2D eigenvalue weighted by molar-refractivity contribution is -0.132. The smallest absolute Gasteiger partial charge is 0.264 e. The van der Waals surface area contributed by atoms with Gasteiger partial charge in [0, 0.05) is 37.7 Å². The number of hydrogen-bond donors (Lipinski definition) is 2. The molecule has 3 N–H and O–H groups in total. The van der Waals surface area contributed by atoms with Gasteiger partial charge in [0.2, 0.25) is 12.7 Å². The Morgan fingerprint density at radius 2 is 2.00 bits per heavy atom. The van der Waals surface area contributed by atoms with Crippen LogP contribution in [0.1, 0.15) is 42.5 Å². The molecule has 2 aliphatic heterocycles. The Hall–Kier alpha value is -3.50. The summed E-state index contributed by atoms with van der Waals surface area (Å²) in [4.78, 5) is 33.6. The van der Waals surface area contributed by atoms with Gasteiger partial charge in [-0.05, 0) is 42.7 Å². The maximum absolute atomic E-state index is 13.8. The first-order valence-corrected chi connectivity index (χ1v) is 14.0. The number of hydrogen-bond acceptors (Lipinski definition) is 8. The van der Waals surface area contributed by atoms with Crippen LogP contribution in [0.4, 0.5) is 5.69 Å². The predicted octanol–water partition coefficient (Wildman–Crippen LogP) is 3.25. The van der Waals surface area contributed by atoms with Crippen molar-refractivity contribution in [3.05, 3.63) is 69.6 Å². The minimum absolute atomic E-state index is 0.0203. The summed E-state index contributed by atoms with van der Waals surface area (Å²) < 4.78 is 12.4. The van der Waals surface area contributed by atoms with Gasteiger partial charge in [-0.1, -0.05) is 36.4 Å². The number of aromatic nitrogens is 2. The third-order valence-corrected chi connectivity index (χ3v) is 8.62. The summed E-state index contributed by atoms with van der Waals surface area (Å²) in [5, 5.41) is 4.50. The van der Waals surface area contributed by atoms with Crippen LogP contribution in [0.15, 0.2) is 52.4 Å². The standard InChI is InChI=1S/C28H31N5O4S/c29-21-6-1-2-7-23(21)33-27(35)20-16-32(13-11-22(20)31-28(33)38-19-4-3-5-19)26(34)10-12-30-15-18-8-9-24-25(14-18)37-17-36-24/h1-2,6-9,14,19,30H,3-5,10-13,15-17,29H2. The Morgan fingerprint density at radius 1 is 1.16 bits per heavy atom. The van der Waals surface area contributed by atoms with Gasteiger partial charge in [0.05, 0.1) is 29.2 Å². The molecule has 1 aliphatic carbocycles. The van der Waals surface area contributed by atoms with Gasteiger partial charge in [-0.25, -0.2) is 4.98 Å². The van der Waals surface area contributed by atoms with E-state index in [0.717, 1.165) is 35.6 Å². The molecular weight excluding hydrogens is 502 g/mol. The Balaban J connectivity index is 1.14. The van der Waals surface area contributed by atoms with Gasteiger partial charge < -0.3 is 25.4 Å². The fraction of sp³-hybridized carbons (Fsp3) is 0.393. The van der Waals surface area contributed by atoms with Gasteiger partial charge >= 0.3 is 0 Å². The summed E-state index contributed by atoms with van der Waals surface area (Å²) >= 11 is 1.67. The number of carbonyl (C=O) groups excluding carboxylic acids is 1. The van der Waals surface area contributed by atoms with Crippen molar-refractivity contribution in [1.82, 2.24) is 19.8 Å². The number of thioether (sulfide) groups is 1. The fourth-order valence-corrected chi connectivity index (χ4v) is 6.24. The number of nitrogens with two attached hydrogens (primary N) is 1. The van der Waals surface area contributed by atoms with E-state index in [9.17, 15) is 9.59 Å². The van der Waals surface area contributed by atoms with Crippen LogP contribution in [-0.2, 0) is 24.3 Å². The van der Waals surface area contributed by atoms with Crippen LogP contribution >= 0.6 is 11.8 Å². The number of nitrogen functional groups attached to an aromatic ring is 1. The second-order valence-electron chi connectivity index (χ2n) is 9.87. The number of nitrogens with zero attached hydrogens (tertiary/aromatic N) is 3. The average Bonchev–Trinajstić information content (AvgIpc) is 3.37. The van der Waals surface area contributed by atoms with E-state index in [1.165, 1.54) is 6.42 Å². The van der Waals surface area contributed by atoms with Crippen LogP contribution in [0.25, 0.3) is 5.69 Å². The van der Waals surface area contributed by atoms with Crippen molar-refractivity contribution in [1.29, 1.82) is 0 Å². The first kappa shape index (κ1) is 24.8. The van der Waals surface area contributed by atoms with Gasteiger partial charge in [-0.15, -0.1) is 0 Å². The molecule has 0 radical (unpaired) electrons. The van der Waals surface area contributed by atoms with E-state index in [0.29, 0.717) is 59.8 Å². The summed E-state index contributed by atoms with van der Waals surface area (Å²) in [6.45, 7) is 2.24. The number of benzene rings is 2. The molecule has 0 bridgehead atoms. The summed E-state index contributed by atoms with van der Waals surface area (Å²) in [6, 6.07) is 13.2. The topological polar surface area (TPSA) is 112 Å². The molecule has 10 heteroatoms. The lowest BCUT2D eigenvalue weighted by Gasteiger charge is -2.30. The number of ether oxygens (including phenoxy) is 2. The number of rotatable bonds is 8. The maximum atomic E-state index is 13.8. The highest BCUT2D eigenvalue weighted by atomic mass is 32.2. The van der Waals surface area contributed by atoms with Crippen LogP contribution in [0, 0.1) is 0 Å².